The van der Waals surface area contributed by atoms with Crippen LogP contribution in [-0.2, 0) is 11.3 Å². The van der Waals surface area contributed by atoms with Crippen molar-refractivity contribution >= 4 is 17.8 Å². The molecule has 4 rings (SSSR count). The number of nitrogens with zero attached hydrogens (tertiary/aromatic N) is 3. The van der Waals surface area contributed by atoms with Gasteiger partial charge < -0.3 is 24.6 Å². The molecule has 0 radical (unpaired) electrons. The fourth-order valence-electron chi connectivity index (χ4n) is 3.55. The van der Waals surface area contributed by atoms with E-state index in [1.807, 2.05) is 30.3 Å². The van der Waals surface area contributed by atoms with Crippen LogP contribution < -0.4 is 10.1 Å². The summed E-state index contributed by atoms with van der Waals surface area (Å²) in [5.74, 6) is 0.572. The topological polar surface area (TPSA) is 84.0 Å². The summed E-state index contributed by atoms with van der Waals surface area (Å²) in [6.45, 7) is 1.72. The number of likely N-dealkylation sites (tertiary alicyclic amines) is 1. The van der Waals surface area contributed by atoms with Gasteiger partial charge in [0, 0.05) is 26.2 Å². The zero-order chi connectivity index (χ0) is 19.6. The summed E-state index contributed by atoms with van der Waals surface area (Å²) in [6, 6.07) is 12.7. The first-order valence-corrected chi connectivity index (χ1v) is 9.16. The Hall–Kier alpha value is -3.29. The third-order valence-corrected chi connectivity index (χ3v) is 4.97. The molecule has 2 saturated heterocycles. The summed E-state index contributed by atoms with van der Waals surface area (Å²) >= 11 is 0. The number of urea groups is 1. The number of benzene rings is 1. The van der Waals surface area contributed by atoms with Crippen LogP contribution in [0.2, 0.25) is 0 Å². The monoisotopic (exact) mass is 382 g/mol. The van der Waals surface area contributed by atoms with Crippen LogP contribution in [0.4, 0.5) is 15.3 Å². The summed E-state index contributed by atoms with van der Waals surface area (Å²) in [5.41, 5.74) is 0.792. The average molecular weight is 382 g/mol. The standard InChI is InChI=1S/C20H22N4O4/c1-23-13-20(28-19(23)26)9-11-24(14-20)18(25)22-16-7-2-3-8-17(16)27-12-15-6-4-5-10-21-15/h2-8,10H,9,11-14H2,1H3,(H,22,25)/t20-/m0/s1. The van der Waals surface area contributed by atoms with Crippen molar-refractivity contribution in [3.63, 3.8) is 0 Å². The number of amides is 3. The minimum absolute atomic E-state index is 0.239. The molecule has 3 amide bonds. The molecule has 28 heavy (non-hydrogen) atoms. The van der Waals surface area contributed by atoms with Crippen molar-refractivity contribution in [2.45, 2.75) is 18.6 Å². The molecule has 8 heteroatoms. The Balaban J connectivity index is 1.39. The Labute approximate surface area is 163 Å². The van der Waals surface area contributed by atoms with E-state index in [0.717, 1.165) is 5.69 Å². The number of rotatable bonds is 4. The SMILES string of the molecule is CN1C[C@]2(CCN(C(=O)Nc3ccccc3OCc3ccccn3)C2)OC1=O. The second kappa shape index (κ2) is 7.38. The molecule has 2 aliphatic heterocycles. The van der Waals surface area contributed by atoms with Crippen LogP contribution in [0.3, 0.4) is 0 Å². The number of aromatic nitrogens is 1. The smallest absolute Gasteiger partial charge is 0.410 e. The molecule has 0 aliphatic carbocycles. The number of hydrogen-bond donors (Lipinski definition) is 1. The number of likely N-dealkylation sites (N-methyl/N-ethyl adjacent to an activating group) is 1. The highest BCUT2D eigenvalue weighted by molar-refractivity contribution is 5.91. The second-order valence-electron chi connectivity index (χ2n) is 7.11. The molecule has 0 saturated carbocycles. The van der Waals surface area contributed by atoms with Crippen LogP contribution in [0.5, 0.6) is 5.75 Å². The fraction of sp³-hybridized carbons (Fsp3) is 0.350. The summed E-state index contributed by atoms with van der Waals surface area (Å²) in [5, 5.41) is 2.91. The Morgan fingerprint density at radius 3 is 2.82 bits per heavy atom. The van der Waals surface area contributed by atoms with Gasteiger partial charge in [-0.15, -0.1) is 0 Å². The third kappa shape index (κ3) is 3.71. The predicted octanol–water partition coefficient (Wildman–Crippen LogP) is 2.72. The molecule has 1 atom stereocenters. The summed E-state index contributed by atoms with van der Waals surface area (Å²) < 4.78 is 11.3. The zero-order valence-electron chi connectivity index (χ0n) is 15.6. The van der Waals surface area contributed by atoms with E-state index in [4.69, 9.17) is 9.47 Å². The number of pyridine rings is 1. The fourth-order valence-corrected chi connectivity index (χ4v) is 3.55. The van der Waals surface area contributed by atoms with Gasteiger partial charge in [-0.3, -0.25) is 4.98 Å². The molecule has 3 heterocycles. The number of hydrogen-bond acceptors (Lipinski definition) is 5. The van der Waals surface area contributed by atoms with Gasteiger partial charge in [0.2, 0.25) is 0 Å². The molecule has 1 aromatic carbocycles. The van der Waals surface area contributed by atoms with Crippen molar-refractivity contribution in [2.75, 3.05) is 32.0 Å². The molecule has 1 spiro atoms. The molecule has 1 aromatic heterocycles. The van der Waals surface area contributed by atoms with Crippen LogP contribution in [0, 0.1) is 0 Å². The first kappa shape index (κ1) is 18.1. The van der Waals surface area contributed by atoms with Gasteiger partial charge in [-0.2, -0.15) is 0 Å². The summed E-state index contributed by atoms with van der Waals surface area (Å²) in [7, 11) is 1.70. The van der Waals surface area contributed by atoms with E-state index in [1.165, 1.54) is 0 Å². The van der Waals surface area contributed by atoms with Crippen molar-refractivity contribution in [1.82, 2.24) is 14.8 Å². The lowest BCUT2D eigenvalue weighted by Crippen LogP contribution is -2.40. The van der Waals surface area contributed by atoms with Gasteiger partial charge in [-0.05, 0) is 24.3 Å². The van der Waals surface area contributed by atoms with E-state index >= 15 is 0 Å². The maximum Gasteiger partial charge on any atom is 0.410 e. The molecule has 2 aromatic rings. The molecule has 1 N–H and O–H groups in total. The van der Waals surface area contributed by atoms with Crippen molar-refractivity contribution in [3.05, 3.63) is 54.4 Å². The highest BCUT2D eigenvalue weighted by Crippen LogP contribution is 2.32. The first-order valence-electron chi connectivity index (χ1n) is 9.16. The van der Waals surface area contributed by atoms with Crippen LogP contribution in [0.1, 0.15) is 12.1 Å². The Morgan fingerprint density at radius 2 is 2.07 bits per heavy atom. The molecule has 0 unspecified atom stereocenters. The van der Waals surface area contributed by atoms with E-state index < -0.39 is 5.60 Å². The van der Waals surface area contributed by atoms with Gasteiger partial charge in [0.25, 0.3) is 0 Å². The largest absolute Gasteiger partial charge is 0.485 e. The van der Waals surface area contributed by atoms with E-state index in [0.29, 0.717) is 44.1 Å². The lowest BCUT2D eigenvalue weighted by Gasteiger charge is -2.22. The average Bonchev–Trinajstić information content (AvgIpc) is 3.24. The highest BCUT2D eigenvalue weighted by Gasteiger charge is 2.49. The van der Waals surface area contributed by atoms with Gasteiger partial charge >= 0.3 is 12.1 Å². The molecular weight excluding hydrogens is 360 g/mol. The summed E-state index contributed by atoms with van der Waals surface area (Å²) in [6.07, 6.45) is 2.01. The van der Waals surface area contributed by atoms with Gasteiger partial charge in [-0.25, -0.2) is 9.59 Å². The maximum absolute atomic E-state index is 12.7. The molecule has 2 aliphatic rings. The van der Waals surface area contributed by atoms with Crippen LogP contribution in [0.25, 0.3) is 0 Å². The van der Waals surface area contributed by atoms with E-state index in [-0.39, 0.29) is 12.1 Å². The van der Waals surface area contributed by atoms with Crippen molar-refractivity contribution in [2.24, 2.45) is 0 Å². The Bertz CT molecular complexity index is 876. The normalized spacial score (nSPS) is 21.1. The number of carbonyl (C=O) groups excluding carboxylic acids is 2. The van der Waals surface area contributed by atoms with Gasteiger partial charge in [0.1, 0.15) is 12.4 Å². The molecule has 2 fully saturated rings. The number of ether oxygens (including phenoxy) is 2. The van der Waals surface area contributed by atoms with Crippen LogP contribution in [-0.4, -0.2) is 59.2 Å². The van der Waals surface area contributed by atoms with Gasteiger partial charge in [0.05, 0.1) is 24.5 Å². The summed E-state index contributed by atoms with van der Waals surface area (Å²) in [4.78, 5) is 31.9. The lowest BCUT2D eigenvalue weighted by atomic mass is 10.0. The molecule has 8 nitrogen and oxygen atoms in total. The minimum atomic E-state index is -0.599. The third-order valence-electron chi connectivity index (χ3n) is 4.97. The van der Waals surface area contributed by atoms with E-state index in [1.54, 1.807) is 35.2 Å². The van der Waals surface area contributed by atoms with E-state index in [2.05, 4.69) is 10.3 Å². The Kier molecular flexibility index (Phi) is 4.77. The van der Waals surface area contributed by atoms with Crippen molar-refractivity contribution in [1.29, 1.82) is 0 Å². The number of nitrogens with one attached hydrogen (secondary N) is 1. The van der Waals surface area contributed by atoms with Crippen LogP contribution >= 0.6 is 0 Å². The van der Waals surface area contributed by atoms with Gasteiger partial charge in [0.15, 0.2) is 5.60 Å². The van der Waals surface area contributed by atoms with Crippen LogP contribution in [0.15, 0.2) is 48.7 Å². The number of anilines is 1. The van der Waals surface area contributed by atoms with Crippen molar-refractivity contribution in [3.8, 4) is 5.75 Å². The number of para-hydroxylation sites is 2. The maximum atomic E-state index is 12.7. The van der Waals surface area contributed by atoms with Crippen molar-refractivity contribution < 1.29 is 19.1 Å². The van der Waals surface area contributed by atoms with Gasteiger partial charge in [-0.1, -0.05) is 18.2 Å². The predicted molar refractivity (Wildman–Crippen MR) is 102 cm³/mol. The molecule has 146 valence electrons. The van der Waals surface area contributed by atoms with E-state index in [9.17, 15) is 9.59 Å². The Morgan fingerprint density at radius 1 is 1.25 bits per heavy atom. The number of carbonyl (C=O) groups is 2. The molecule has 0 bridgehead atoms. The first-order chi connectivity index (χ1) is 13.5. The zero-order valence-corrected chi connectivity index (χ0v) is 15.6. The highest BCUT2D eigenvalue weighted by atomic mass is 16.6. The molecular formula is C20H22N4O4. The minimum Gasteiger partial charge on any atom is -0.485 e. The lowest BCUT2D eigenvalue weighted by molar-refractivity contribution is 0.0663. The second-order valence-corrected chi connectivity index (χ2v) is 7.11. The quantitative estimate of drug-likeness (QED) is 0.879.